The molecule has 0 radical (unpaired) electrons. The van der Waals surface area contributed by atoms with Crippen LogP contribution in [0.5, 0.6) is 5.75 Å². The van der Waals surface area contributed by atoms with E-state index in [1.807, 2.05) is 0 Å². The summed E-state index contributed by atoms with van der Waals surface area (Å²) in [7, 11) is 1.48. The number of nitrogens with one attached hydrogen (secondary N) is 2. The van der Waals surface area contributed by atoms with Crippen molar-refractivity contribution in [3.05, 3.63) is 18.2 Å². The second-order valence-electron chi connectivity index (χ2n) is 7.28. The Bertz CT molecular complexity index is 739. The van der Waals surface area contributed by atoms with E-state index in [1.165, 1.54) is 7.11 Å². The van der Waals surface area contributed by atoms with E-state index >= 15 is 0 Å². The summed E-state index contributed by atoms with van der Waals surface area (Å²) in [6.07, 6.45) is 1.80. The van der Waals surface area contributed by atoms with Gasteiger partial charge >= 0.3 is 5.97 Å². The van der Waals surface area contributed by atoms with Crippen LogP contribution in [-0.2, 0) is 14.4 Å². The number of carboxylic acid groups (broad SMARTS) is 1. The van der Waals surface area contributed by atoms with Crippen molar-refractivity contribution in [1.29, 1.82) is 0 Å². The minimum atomic E-state index is -0.970. The highest BCUT2D eigenvalue weighted by Crippen LogP contribution is 2.58. The molecule has 0 spiro atoms. The van der Waals surface area contributed by atoms with Crippen molar-refractivity contribution in [2.24, 2.45) is 23.2 Å². The van der Waals surface area contributed by atoms with E-state index in [0.717, 1.165) is 12.8 Å². The molecular formula is C18H22N2O5. The molecule has 0 aromatic heterocycles. The number of hydrogen-bond acceptors (Lipinski definition) is 4. The zero-order valence-electron chi connectivity index (χ0n) is 14.5. The van der Waals surface area contributed by atoms with Gasteiger partial charge in [-0.15, -0.1) is 0 Å². The second-order valence-corrected chi connectivity index (χ2v) is 7.28. The van der Waals surface area contributed by atoms with E-state index in [9.17, 15) is 19.5 Å². The number of carbonyl (C=O) groups is 3. The van der Waals surface area contributed by atoms with Crippen LogP contribution in [0.4, 0.5) is 11.4 Å². The predicted octanol–water partition coefficient (Wildman–Crippen LogP) is 2.34. The highest BCUT2D eigenvalue weighted by atomic mass is 16.5. The molecule has 0 bridgehead atoms. The van der Waals surface area contributed by atoms with Gasteiger partial charge in [-0.1, -0.05) is 13.8 Å². The molecule has 3 rings (SSSR count). The van der Waals surface area contributed by atoms with Gasteiger partial charge in [-0.05, 0) is 36.5 Å². The zero-order chi connectivity index (χ0) is 18.4. The summed E-state index contributed by atoms with van der Waals surface area (Å²) in [5.74, 6) is -2.14. The predicted molar refractivity (Wildman–Crippen MR) is 91.4 cm³/mol. The summed E-state index contributed by atoms with van der Waals surface area (Å²) in [5.41, 5.74) is 0.395. The number of amides is 2. The Morgan fingerprint density at radius 2 is 1.80 bits per heavy atom. The lowest BCUT2D eigenvalue weighted by molar-refractivity contribution is -0.140. The van der Waals surface area contributed by atoms with Crippen molar-refractivity contribution in [3.8, 4) is 5.75 Å². The topological polar surface area (TPSA) is 105 Å². The van der Waals surface area contributed by atoms with Crippen molar-refractivity contribution in [2.45, 2.75) is 26.7 Å². The monoisotopic (exact) mass is 346 g/mol. The molecule has 2 unspecified atom stereocenters. The number of methoxy groups -OCH3 is 1. The van der Waals surface area contributed by atoms with E-state index in [1.54, 1.807) is 32.0 Å². The number of rotatable bonds is 6. The first-order valence-corrected chi connectivity index (χ1v) is 8.28. The largest absolute Gasteiger partial charge is 0.495 e. The smallest absolute Gasteiger partial charge is 0.307 e. The molecule has 7 heteroatoms. The van der Waals surface area contributed by atoms with Crippen LogP contribution in [0.3, 0.4) is 0 Å². The molecule has 1 aromatic rings. The zero-order valence-corrected chi connectivity index (χ0v) is 14.5. The maximum atomic E-state index is 12.5. The quantitative estimate of drug-likeness (QED) is 0.733. The van der Waals surface area contributed by atoms with Gasteiger partial charge in [0.25, 0.3) is 0 Å². The average Bonchev–Trinajstić information content (AvgIpc) is 3.42. The molecule has 134 valence electrons. The summed E-state index contributed by atoms with van der Waals surface area (Å²) >= 11 is 0. The molecule has 2 aliphatic carbocycles. The van der Waals surface area contributed by atoms with E-state index in [-0.39, 0.29) is 17.7 Å². The van der Waals surface area contributed by atoms with Gasteiger partial charge in [0, 0.05) is 11.6 Å². The third kappa shape index (κ3) is 3.31. The SMILES string of the molecule is COc1ccc(NC(=O)C2CC2)cc1NC(=O)C1C(C(=O)O)C1(C)C. The van der Waals surface area contributed by atoms with Gasteiger partial charge in [0.15, 0.2) is 0 Å². The number of benzene rings is 1. The fourth-order valence-electron chi connectivity index (χ4n) is 3.27. The van der Waals surface area contributed by atoms with Crippen molar-refractivity contribution < 1.29 is 24.2 Å². The first kappa shape index (κ1) is 17.3. The molecule has 2 atom stereocenters. The number of hydrogen-bond donors (Lipinski definition) is 3. The summed E-state index contributed by atoms with van der Waals surface area (Å²) in [6.45, 7) is 3.53. The normalized spacial score (nSPS) is 23.5. The third-order valence-electron chi connectivity index (χ3n) is 5.05. The van der Waals surface area contributed by atoms with Gasteiger partial charge in [0.1, 0.15) is 5.75 Å². The first-order chi connectivity index (χ1) is 11.8. The Labute approximate surface area is 145 Å². The van der Waals surface area contributed by atoms with Crippen LogP contribution in [-0.4, -0.2) is 30.0 Å². The Kier molecular flexibility index (Phi) is 4.18. The Morgan fingerprint density at radius 3 is 2.32 bits per heavy atom. The lowest BCUT2D eigenvalue weighted by atomic mass is 10.1. The van der Waals surface area contributed by atoms with Gasteiger partial charge in [-0.2, -0.15) is 0 Å². The van der Waals surface area contributed by atoms with E-state index < -0.39 is 23.2 Å². The van der Waals surface area contributed by atoms with Gasteiger partial charge in [0.2, 0.25) is 11.8 Å². The van der Waals surface area contributed by atoms with E-state index in [2.05, 4.69) is 10.6 Å². The van der Waals surface area contributed by atoms with Gasteiger partial charge < -0.3 is 20.5 Å². The minimum Gasteiger partial charge on any atom is -0.495 e. The highest BCUT2D eigenvalue weighted by molar-refractivity contribution is 6.01. The summed E-state index contributed by atoms with van der Waals surface area (Å²) in [5, 5.41) is 14.8. The van der Waals surface area contributed by atoms with Crippen LogP contribution in [0.15, 0.2) is 18.2 Å². The molecule has 2 saturated carbocycles. The fraction of sp³-hybridized carbons (Fsp3) is 0.500. The van der Waals surface area contributed by atoms with Gasteiger partial charge in [0.05, 0.1) is 24.6 Å². The molecule has 2 fully saturated rings. The van der Waals surface area contributed by atoms with Crippen molar-refractivity contribution in [2.75, 3.05) is 17.7 Å². The van der Waals surface area contributed by atoms with Crippen molar-refractivity contribution in [3.63, 3.8) is 0 Å². The Morgan fingerprint density at radius 1 is 1.12 bits per heavy atom. The molecule has 0 heterocycles. The minimum absolute atomic E-state index is 0.0308. The maximum Gasteiger partial charge on any atom is 0.307 e. The summed E-state index contributed by atoms with van der Waals surface area (Å²) < 4.78 is 5.25. The van der Waals surface area contributed by atoms with E-state index in [4.69, 9.17) is 4.74 Å². The Hall–Kier alpha value is -2.57. The fourth-order valence-corrected chi connectivity index (χ4v) is 3.27. The average molecular weight is 346 g/mol. The number of carboxylic acids is 1. The van der Waals surface area contributed by atoms with Crippen LogP contribution >= 0.6 is 0 Å². The highest BCUT2D eigenvalue weighted by Gasteiger charge is 2.65. The van der Waals surface area contributed by atoms with Crippen LogP contribution < -0.4 is 15.4 Å². The molecule has 0 aliphatic heterocycles. The third-order valence-corrected chi connectivity index (χ3v) is 5.05. The van der Waals surface area contributed by atoms with E-state index in [0.29, 0.717) is 17.1 Å². The van der Waals surface area contributed by atoms with Gasteiger partial charge in [-0.25, -0.2) is 0 Å². The van der Waals surface area contributed by atoms with Crippen LogP contribution in [0.25, 0.3) is 0 Å². The second kappa shape index (κ2) is 6.06. The molecule has 2 amide bonds. The van der Waals surface area contributed by atoms with Crippen LogP contribution in [0, 0.1) is 23.2 Å². The number of anilines is 2. The van der Waals surface area contributed by atoms with Crippen LogP contribution in [0.2, 0.25) is 0 Å². The summed E-state index contributed by atoms with van der Waals surface area (Å²) in [6, 6.07) is 4.99. The molecule has 3 N–H and O–H groups in total. The molecule has 25 heavy (non-hydrogen) atoms. The number of ether oxygens (including phenoxy) is 1. The Balaban J connectivity index is 1.75. The lowest BCUT2D eigenvalue weighted by Crippen LogP contribution is -2.19. The molecular weight excluding hydrogens is 324 g/mol. The molecule has 2 aliphatic rings. The molecule has 1 aromatic carbocycles. The van der Waals surface area contributed by atoms with Crippen molar-refractivity contribution >= 4 is 29.2 Å². The van der Waals surface area contributed by atoms with Crippen LogP contribution in [0.1, 0.15) is 26.7 Å². The maximum absolute atomic E-state index is 12.5. The molecule has 7 nitrogen and oxygen atoms in total. The number of carbonyl (C=O) groups excluding carboxylic acids is 2. The standard InChI is InChI=1S/C18H22N2O5/c1-18(2)13(14(18)17(23)24)16(22)20-11-8-10(6-7-12(11)25-3)19-15(21)9-4-5-9/h6-9,13-14H,4-5H2,1-3H3,(H,19,21)(H,20,22)(H,23,24). The van der Waals surface area contributed by atoms with Crippen molar-refractivity contribution in [1.82, 2.24) is 0 Å². The first-order valence-electron chi connectivity index (χ1n) is 8.28. The van der Waals surface area contributed by atoms with Gasteiger partial charge in [-0.3, -0.25) is 14.4 Å². The molecule has 0 saturated heterocycles. The summed E-state index contributed by atoms with van der Waals surface area (Å²) in [4.78, 5) is 35.7. The lowest BCUT2D eigenvalue weighted by Gasteiger charge is -2.13. The number of aliphatic carboxylic acids is 1.